The second-order valence-electron chi connectivity index (χ2n) is 5.73. The minimum Gasteiger partial charge on any atom is -0.342 e. The van der Waals surface area contributed by atoms with Crippen molar-refractivity contribution in [3.05, 3.63) is 57.0 Å². The van der Waals surface area contributed by atoms with Crippen LogP contribution >= 0.6 is 23.4 Å². The molecular formula is C17H18ClN3O2S. The van der Waals surface area contributed by atoms with Crippen molar-refractivity contribution < 1.29 is 4.79 Å². The van der Waals surface area contributed by atoms with Crippen molar-refractivity contribution in [3.63, 3.8) is 0 Å². The first-order valence-electron chi connectivity index (χ1n) is 7.85. The summed E-state index contributed by atoms with van der Waals surface area (Å²) in [5.41, 5.74) is 1.33. The highest BCUT2D eigenvalue weighted by Gasteiger charge is 2.19. The third kappa shape index (κ3) is 4.61. The third-order valence-corrected chi connectivity index (χ3v) is 5.01. The van der Waals surface area contributed by atoms with Crippen LogP contribution < -0.4 is 5.56 Å². The number of thioether (sulfide) groups is 1. The van der Waals surface area contributed by atoms with Gasteiger partial charge >= 0.3 is 0 Å². The SMILES string of the molecule is O=C(Cc1cc(=O)[nH]c(SCc2cccc(Cl)c2)n1)N1CCCC1. The Labute approximate surface area is 149 Å². The highest BCUT2D eigenvalue weighted by molar-refractivity contribution is 7.98. The minimum atomic E-state index is -0.234. The van der Waals surface area contributed by atoms with Gasteiger partial charge in [0.15, 0.2) is 5.16 Å². The molecule has 0 atom stereocenters. The molecule has 1 aromatic carbocycles. The van der Waals surface area contributed by atoms with E-state index < -0.39 is 0 Å². The van der Waals surface area contributed by atoms with E-state index in [1.165, 1.54) is 17.8 Å². The largest absolute Gasteiger partial charge is 0.342 e. The van der Waals surface area contributed by atoms with E-state index in [-0.39, 0.29) is 17.9 Å². The summed E-state index contributed by atoms with van der Waals surface area (Å²) < 4.78 is 0. The summed E-state index contributed by atoms with van der Waals surface area (Å²) in [6, 6.07) is 8.96. The van der Waals surface area contributed by atoms with E-state index in [1.807, 2.05) is 29.2 Å². The summed E-state index contributed by atoms with van der Waals surface area (Å²) in [5.74, 6) is 0.684. The number of amides is 1. The number of nitrogens with one attached hydrogen (secondary N) is 1. The molecule has 0 aliphatic carbocycles. The zero-order valence-electron chi connectivity index (χ0n) is 13.1. The Kier molecular flexibility index (Phi) is 5.58. The van der Waals surface area contributed by atoms with Gasteiger partial charge in [0.05, 0.1) is 12.1 Å². The quantitative estimate of drug-likeness (QED) is 0.655. The first kappa shape index (κ1) is 17.0. The number of carbonyl (C=O) groups excluding carboxylic acids is 1. The minimum absolute atomic E-state index is 0.0383. The van der Waals surface area contributed by atoms with Gasteiger partial charge in [-0.3, -0.25) is 9.59 Å². The van der Waals surface area contributed by atoms with E-state index in [1.54, 1.807) is 0 Å². The predicted octanol–water partition coefficient (Wildman–Crippen LogP) is 2.88. The van der Waals surface area contributed by atoms with Gasteiger partial charge in [-0.25, -0.2) is 4.98 Å². The Morgan fingerprint density at radius 1 is 1.29 bits per heavy atom. The topological polar surface area (TPSA) is 66.1 Å². The van der Waals surface area contributed by atoms with Gasteiger partial charge in [0, 0.05) is 29.9 Å². The molecule has 0 spiro atoms. The van der Waals surface area contributed by atoms with Crippen LogP contribution in [0, 0.1) is 0 Å². The van der Waals surface area contributed by atoms with Crippen molar-refractivity contribution in [3.8, 4) is 0 Å². The molecule has 1 N–H and O–H groups in total. The number of aromatic nitrogens is 2. The zero-order chi connectivity index (χ0) is 16.9. The lowest BCUT2D eigenvalue weighted by molar-refractivity contribution is -0.129. The molecule has 2 aromatic rings. The van der Waals surface area contributed by atoms with Crippen LogP contribution in [0.4, 0.5) is 0 Å². The molecule has 0 bridgehead atoms. The molecule has 1 fully saturated rings. The molecule has 1 aliphatic rings. The van der Waals surface area contributed by atoms with Gasteiger partial charge in [0.25, 0.3) is 5.56 Å². The number of nitrogens with zero attached hydrogens (tertiary/aromatic N) is 2. The van der Waals surface area contributed by atoms with E-state index in [0.29, 0.717) is 21.6 Å². The molecule has 1 aliphatic heterocycles. The number of halogens is 1. The highest BCUT2D eigenvalue weighted by Crippen LogP contribution is 2.21. The van der Waals surface area contributed by atoms with E-state index in [9.17, 15) is 9.59 Å². The van der Waals surface area contributed by atoms with E-state index in [2.05, 4.69) is 9.97 Å². The number of hydrogen-bond donors (Lipinski definition) is 1. The number of aromatic amines is 1. The first-order valence-corrected chi connectivity index (χ1v) is 9.22. The Morgan fingerprint density at radius 3 is 2.83 bits per heavy atom. The molecule has 5 nitrogen and oxygen atoms in total. The van der Waals surface area contributed by atoms with Crippen LogP contribution in [0.5, 0.6) is 0 Å². The lowest BCUT2D eigenvalue weighted by Crippen LogP contribution is -2.29. The van der Waals surface area contributed by atoms with Crippen molar-refractivity contribution in [1.82, 2.24) is 14.9 Å². The number of carbonyl (C=O) groups is 1. The van der Waals surface area contributed by atoms with Gasteiger partial charge in [-0.2, -0.15) is 0 Å². The number of benzene rings is 1. The average molecular weight is 364 g/mol. The molecule has 2 heterocycles. The summed E-state index contributed by atoms with van der Waals surface area (Å²) >= 11 is 7.39. The molecule has 7 heteroatoms. The van der Waals surface area contributed by atoms with Crippen LogP contribution in [-0.4, -0.2) is 33.9 Å². The Balaban J connectivity index is 1.67. The summed E-state index contributed by atoms with van der Waals surface area (Å²) in [6.45, 7) is 1.61. The van der Waals surface area contributed by atoms with Crippen LogP contribution in [0.1, 0.15) is 24.1 Å². The summed E-state index contributed by atoms with van der Waals surface area (Å²) in [5, 5.41) is 1.20. The third-order valence-electron chi connectivity index (χ3n) is 3.83. The fourth-order valence-electron chi connectivity index (χ4n) is 2.65. The summed E-state index contributed by atoms with van der Waals surface area (Å²) in [6.07, 6.45) is 2.28. The van der Waals surface area contributed by atoms with Gasteiger partial charge in [-0.05, 0) is 30.5 Å². The van der Waals surface area contributed by atoms with Gasteiger partial charge in [0.2, 0.25) is 5.91 Å². The second kappa shape index (κ2) is 7.85. The maximum Gasteiger partial charge on any atom is 0.251 e. The van der Waals surface area contributed by atoms with Gasteiger partial charge in [-0.15, -0.1) is 0 Å². The van der Waals surface area contributed by atoms with Crippen molar-refractivity contribution in [2.24, 2.45) is 0 Å². The molecule has 3 rings (SSSR count). The van der Waals surface area contributed by atoms with Crippen molar-refractivity contribution in [2.75, 3.05) is 13.1 Å². The molecule has 126 valence electrons. The maximum atomic E-state index is 12.2. The van der Waals surface area contributed by atoms with Crippen molar-refractivity contribution in [1.29, 1.82) is 0 Å². The Morgan fingerprint density at radius 2 is 2.08 bits per heavy atom. The standard InChI is InChI=1S/C17H18ClN3O2S/c18-13-5-3-4-12(8-13)11-24-17-19-14(9-15(22)20-17)10-16(23)21-6-1-2-7-21/h3-5,8-9H,1-2,6-7,10-11H2,(H,19,20,22). The lowest BCUT2D eigenvalue weighted by atomic mass is 10.2. The summed E-state index contributed by atoms with van der Waals surface area (Å²) in [7, 11) is 0. The molecule has 1 aromatic heterocycles. The summed E-state index contributed by atoms with van der Waals surface area (Å²) in [4.78, 5) is 33.0. The normalized spacial score (nSPS) is 14.1. The maximum absolute atomic E-state index is 12.2. The van der Waals surface area contributed by atoms with Crippen LogP contribution in [0.2, 0.25) is 5.02 Å². The molecule has 0 saturated carbocycles. The molecular weight excluding hydrogens is 346 g/mol. The highest BCUT2D eigenvalue weighted by atomic mass is 35.5. The molecule has 1 amide bonds. The average Bonchev–Trinajstić information content (AvgIpc) is 3.07. The van der Waals surface area contributed by atoms with Crippen LogP contribution in [0.15, 0.2) is 40.3 Å². The Hall–Kier alpha value is -1.79. The smallest absolute Gasteiger partial charge is 0.251 e. The zero-order valence-corrected chi connectivity index (χ0v) is 14.7. The van der Waals surface area contributed by atoms with Gasteiger partial charge in [0.1, 0.15) is 0 Å². The van der Waals surface area contributed by atoms with Gasteiger partial charge < -0.3 is 9.88 Å². The van der Waals surface area contributed by atoms with E-state index in [0.717, 1.165) is 31.5 Å². The Bertz CT molecular complexity index is 787. The fourth-order valence-corrected chi connectivity index (χ4v) is 3.70. The fraction of sp³-hybridized carbons (Fsp3) is 0.353. The molecule has 0 radical (unpaired) electrons. The first-order chi connectivity index (χ1) is 11.6. The monoisotopic (exact) mass is 363 g/mol. The van der Waals surface area contributed by atoms with Crippen molar-refractivity contribution >= 4 is 29.3 Å². The number of hydrogen-bond acceptors (Lipinski definition) is 4. The van der Waals surface area contributed by atoms with Crippen LogP contribution in [0.3, 0.4) is 0 Å². The second-order valence-corrected chi connectivity index (χ2v) is 7.13. The number of H-pyrrole nitrogens is 1. The van der Waals surface area contributed by atoms with Gasteiger partial charge in [-0.1, -0.05) is 35.5 Å². The molecule has 24 heavy (non-hydrogen) atoms. The predicted molar refractivity (Wildman–Crippen MR) is 95.4 cm³/mol. The van der Waals surface area contributed by atoms with E-state index in [4.69, 9.17) is 11.6 Å². The molecule has 0 unspecified atom stereocenters. The molecule has 1 saturated heterocycles. The lowest BCUT2D eigenvalue weighted by Gasteiger charge is -2.14. The number of likely N-dealkylation sites (tertiary alicyclic amines) is 1. The van der Waals surface area contributed by atoms with E-state index >= 15 is 0 Å². The van der Waals surface area contributed by atoms with Crippen molar-refractivity contribution in [2.45, 2.75) is 30.2 Å². The van der Waals surface area contributed by atoms with Crippen LogP contribution in [-0.2, 0) is 17.0 Å². The number of rotatable bonds is 5. The van der Waals surface area contributed by atoms with Crippen LogP contribution in [0.25, 0.3) is 0 Å².